The highest BCUT2D eigenvalue weighted by molar-refractivity contribution is 5.85. The zero-order valence-corrected chi connectivity index (χ0v) is 9.28. The molecule has 0 aromatic heterocycles. The first-order valence-corrected chi connectivity index (χ1v) is 4.80. The molecular formula is C10H19NO3. The number of hydrogen-bond donors (Lipinski definition) is 1. The van der Waals surface area contributed by atoms with Crippen molar-refractivity contribution in [2.75, 3.05) is 7.05 Å². The van der Waals surface area contributed by atoms with Crippen LogP contribution in [0.5, 0.6) is 0 Å². The molecule has 1 amide bonds. The lowest BCUT2D eigenvalue weighted by atomic mass is 9.91. The second-order valence-electron chi connectivity index (χ2n) is 4.06. The third kappa shape index (κ3) is 4.97. The molecule has 14 heavy (non-hydrogen) atoms. The SMILES string of the molecule is CC(=O)[C@@H](CC(=O)N(C)O)CC(C)C. The van der Waals surface area contributed by atoms with Crippen LogP contribution in [0.2, 0.25) is 0 Å². The molecule has 82 valence electrons. The van der Waals surface area contributed by atoms with E-state index in [1.54, 1.807) is 0 Å². The highest BCUT2D eigenvalue weighted by Crippen LogP contribution is 2.17. The third-order valence-electron chi connectivity index (χ3n) is 2.11. The van der Waals surface area contributed by atoms with Gasteiger partial charge >= 0.3 is 0 Å². The number of hydroxylamine groups is 2. The Bertz CT molecular complexity index is 211. The van der Waals surface area contributed by atoms with Crippen LogP contribution < -0.4 is 0 Å². The fraction of sp³-hybridized carbons (Fsp3) is 0.800. The van der Waals surface area contributed by atoms with E-state index in [1.165, 1.54) is 14.0 Å². The first-order valence-electron chi connectivity index (χ1n) is 4.80. The van der Waals surface area contributed by atoms with Crippen LogP contribution in [0.4, 0.5) is 0 Å². The molecule has 0 aliphatic carbocycles. The van der Waals surface area contributed by atoms with Crippen molar-refractivity contribution in [3.05, 3.63) is 0 Å². The first kappa shape index (κ1) is 13.1. The molecule has 0 heterocycles. The van der Waals surface area contributed by atoms with E-state index in [0.717, 1.165) is 0 Å². The van der Waals surface area contributed by atoms with Gasteiger partial charge < -0.3 is 0 Å². The van der Waals surface area contributed by atoms with Gasteiger partial charge in [0, 0.05) is 19.4 Å². The van der Waals surface area contributed by atoms with Crippen LogP contribution in [0.25, 0.3) is 0 Å². The number of carbonyl (C=O) groups excluding carboxylic acids is 2. The van der Waals surface area contributed by atoms with Gasteiger partial charge in [0.2, 0.25) is 5.91 Å². The fourth-order valence-corrected chi connectivity index (χ4v) is 1.30. The lowest BCUT2D eigenvalue weighted by molar-refractivity contribution is -0.161. The van der Waals surface area contributed by atoms with Crippen molar-refractivity contribution in [3.63, 3.8) is 0 Å². The highest BCUT2D eigenvalue weighted by Gasteiger charge is 2.20. The van der Waals surface area contributed by atoms with Gasteiger partial charge in [-0.3, -0.25) is 14.8 Å². The summed E-state index contributed by atoms with van der Waals surface area (Å²) in [6.45, 7) is 5.49. The second-order valence-corrected chi connectivity index (χ2v) is 4.06. The standard InChI is InChI=1S/C10H19NO3/c1-7(2)5-9(8(3)12)6-10(13)11(4)14/h7,9,14H,5-6H2,1-4H3/t9-/m1/s1. The molecule has 0 unspecified atom stereocenters. The van der Waals surface area contributed by atoms with E-state index in [4.69, 9.17) is 5.21 Å². The Morgan fingerprint density at radius 3 is 2.14 bits per heavy atom. The molecule has 4 heteroatoms. The number of Topliss-reactive ketones (excluding diaryl/α,β-unsaturated/α-hetero) is 1. The van der Waals surface area contributed by atoms with Gasteiger partial charge in [0.25, 0.3) is 0 Å². The minimum Gasteiger partial charge on any atom is -0.300 e. The van der Waals surface area contributed by atoms with Crippen LogP contribution in [0.3, 0.4) is 0 Å². The molecule has 1 N–H and O–H groups in total. The highest BCUT2D eigenvalue weighted by atomic mass is 16.5. The number of rotatable bonds is 5. The topological polar surface area (TPSA) is 57.6 Å². The molecule has 0 fully saturated rings. The molecule has 0 aromatic rings. The molecule has 0 saturated heterocycles. The van der Waals surface area contributed by atoms with Crippen molar-refractivity contribution in [1.29, 1.82) is 0 Å². The molecular weight excluding hydrogens is 182 g/mol. The van der Waals surface area contributed by atoms with Gasteiger partial charge in [0.15, 0.2) is 0 Å². The Hall–Kier alpha value is -0.900. The molecule has 0 saturated carbocycles. The maximum atomic E-state index is 11.2. The van der Waals surface area contributed by atoms with Gasteiger partial charge in [0.1, 0.15) is 5.78 Å². The Balaban J connectivity index is 4.23. The van der Waals surface area contributed by atoms with Crippen LogP contribution >= 0.6 is 0 Å². The maximum Gasteiger partial charge on any atom is 0.246 e. The van der Waals surface area contributed by atoms with Gasteiger partial charge in [-0.2, -0.15) is 0 Å². The molecule has 0 aliphatic rings. The van der Waals surface area contributed by atoms with Gasteiger partial charge in [-0.25, -0.2) is 5.06 Å². The van der Waals surface area contributed by atoms with E-state index in [2.05, 4.69) is 0 Å². The van der Waals surface area contributed by atoms with Crippen molar-refractivity contribution in [3.8, 4) is 0 Å². The van der Waals surface area contributed by atoms with Crippen molar-refractivity contribution in [2.45, 2.75) is 33.6 Å². The van der Waals surface area contributed by atoms with Crippen molar-refractivity contribution < 1.29 is 14.8 Å². The van der Waals surface area contributed by atoms with Crippen molar-refractivity contribution in [2.24, 2.45) is 11.8 Å². The third-order valence-corrected chi connectivity index (χ3v) is 2.11. The van der Waals surface area contributed by atoms with Crippen LogP contribution in [0.15, 0.2) is 0 Å². The smallest absolute Gasteiger partial charge is 0.246 e. The summed E-state index contributed by atoms with van der Waals surface area (Å²) in [6, 6.07) is 0. The minimum atomic E-state index is -0.411. The monoisotopic (exact) mass is 201 g/mol. The largest absolute Gasteiger partial charge is 0.300 e. The van der Waals surface area contributed by atoms with Gasteiger partial charge in [-0.1, -0.05) is 13.8 Å². The normalized spacial score (nSPS) is 12.7. The maximum absolute atomic E-state index is 11.2. The number of amides is 1. The Morgan fingerprint density at radius 2 is 1.86 bits per heavy atom. The zero-order chi connectivity index (χ0) is 11.3. The summed E-state index contributed by atoms with van der Waals surface area (Å²) in [7, 11) is 1.27. The van der Waals surface area contributed by atoms with Gasteiger partial charge in [0.05, 0.1) is 0 Å². The van der Waals surface area contributed by atoms with E-state index in [0.29, 0.717) is 17.4 Å². The number of nitrogens with zero attached hydrogens (tertiary/aromatic N) is 1. The number of carbonyl (C=O) groups is 2. The van der Waals surface area contributed by atoms with Crippen LogP contribution in [0.1, 0.15) is 33.6 Å². The Kier molecular flexibility index (Phi) is 5.38. The quantitative estimate of drug-likeness (QED) is 0.541. The zero-order valence-electron chi connectivity index (χ0n) is 9.28. The second kappa shape index (κ2) is 5.75. The fourth-order valence-electron chi connectivity index (χ4n) is 1.30. The molecule has 0 aliphatic heterocycles. The number of ketones is 1. The summed E-state index contributed by atoms with van der Waals surface area (Å²) in [5, 5.41) is 9.40. The molecule has 0 bridgehead atoms. The summed E-state index contributed by atoms with van der Waals surface area (Å²) in [4.78, 5) is 22.3. The molecule has 4 nitrogen and oxygen atoms in total. The van der Waals surface area contributed by atoms with Crippen LogP contribution in [0, 0.1) is 11.8 Å². The Labute approximate surface area is 84.9 Å². The summed E-state index contributed by atoms with van der Waals surface area (Å²) in [5.41, 5.74) is 0. The first-order chi connectivity index (χ1) is 6.34. The molecule has 0 aromatic carbocycles. The lowest BCUT2D eigenvalue weighted by Crippen LogP contribution is -2.27. The van der Waals surface area contributed by atoms with Crippen molar-refractivity contribution in [1.82, 2.24) is 5.06 Å². The Morgan fingerprint density at radius 1 is 1.36 bits per heavy atom. The van der Waals surface area contributed by atoms with Crippen LogP contribution in [-0.4, -0.2) is 29.0 Å². The van der Waals surface area contributed by atoms with Crippen LogP contribution in [-0.2, 0) is 9.59 Å². The summed E-state index contributed by atoms with van der Waals surface area (Å²) < 4.78 is 0. The summed E-state index contributed by atoms with van der Waals surface area (Å²) in [5.74, 6) is -0.294. The molecule has 1 atom stereocenters. The van der Waals surface area contributed by atoms with E-state index in [-0.39, 0.29) is 18.1 Å². The predicted octanol–water partition coefficient (Wildman–Crippen LogP) is 1.48. The number of hydrogen-bond acceptors (Lipinski definition) is 3. The molecule has 0 rings (SSSR count). The predicted molar refractivity (Wildman–Crippen MR) is 52.8 cm³/mol. The van der Waals surface area contributed by atoms with E-state index < -0.39 is 5.91 Å². The van der Waals surface area contributed by atoms with E-state index in [9.17, 15) is 9.59 Å². The minimum absolute atomic E-state index is 0.00824. The van der Waals surface area contributed by atoms with Gasteiger partial charge in [-0.05, 0) is 19.3 Å². The lowest BCUT2D eigenvalue weighted by Gasteiger charge is -2.17. The van der Waals surface area contributed by atoms with Gasteiger partial charge in [-0.15, -0.1) is 0 Å². The van der Waals surface area contributed by atoms with Crippen molar-refractivity contribution >= 4 is 11.7 Å². The molecule has 0 spiro atoms. The summed E-state index contributed by atoms with van der Waals surface area (Å²) >= 11 is 0. The average Bonchev–Trinajstić information content (AvgIpc) is 2.01. The average molecular weight is 201 g/mol. The van der Waals surface area contributed by atoms with E-state index in [1.807, 2.05) is 13.8 Å². The molecule has 0 radical (unpaired) electrons. The summed E-state index contributed by atoms with van der Waals surface area (Å²) in [6.07, 6.45) is 0.787. The van der Waals surface area contributed by atoms with E-state index >= 15 is 0 Å².